The first kappa shape index (κ1) is 27.5. The molecule has 2 atom stereocenters. The molecule has 212 valence electrons. The largest absolute Gasteiger partial charge is 0.493 e. The summed E-state index contributed by atoms with van der Waals surface area (Å²) in [5.41, 5.74) is 5.37. The summed E-state index contributed by atoms with van der Waals surface area (Å²) in [7, 11) is 1.31. The number of nitrogens with one attached hydrogen (secondary N) is 2. The molecule has 1 aromatic carbocycles. The van der Waals surface area contributed by atoms with Gasteiger partial charge in [0.1, 0.15) is 17.6 Å². The van der Waals surface area contributed by atoms with E-state index in [2.05, 4.69) is 29.4 Å². The summed E-state index contributed by atoms with van der Waals surface area (Å²) in [6.45, 7) is 7.46. The Morgan fingerprint density at radius 2 is 1.95 bits per heavy atom. The molecule has 0 unspecified atom stereocenters. The van der Waals surface area contributed by atoms with Crippen LogP contribution in [0, 0.1) is 11.3 Å². The Balaban J connectivity index is 1.40. The first-order chi connectivity index (χ1) is 18.9. The van der Waals surface area contributed by atoms with E-state index in [-0.39, 0.29) is 17.9 Å². The van der Waals surface area contributed by atoms with Gasteiger partial charge >= 0.3 is 6.09 Å². The highest BCUT2D eigenvalue weighted by Gasteiger charge is 2.42. The number of ether oxygens (including phenoxy) is 2. The Bertz CT molecular complexity index is 1180. The number of methoxy groups -OCH3 is 1. The van der Waals surface area contributed by atoms with Crippen LogP contribution in [0.1, 0.15) is 95.1 Å². The molecular formula is C31H44N4O4. The minimum Gasteiger partial charge on any atom is -0.493 e. The van der Waals surface area contributed by atoms with E-state index in [1.807, 2.05) is 24.9 Å². The normalized spacial score (nSPS) is 20.4. The van der Waals surface area contributed by atoms with Gasteiger partial charge in [0.2, 0.25) is 5.91 Å². The number of imidazole rings is 1. The highest BCUT2D eigenvalue weighted by Crippen LogP contribution is 2.53. The fourth-order valence-corrected chi connectivity index (χ4v) is 6.91. The summed E-state index contributed by atoms with van der Waals surface area (Å²) in [5, 5.41) is 2.73. The number of aromatic amines is 1. The molecule has 2 aliphatic carbocycles. The highest BCUT2D eigenvalue weighted by atomic mass is 16.5. The Labute approximate surface area is 232 Å². The number of nitrogens with zero attached hydrogens (tertiary/aromatic N) is 2. The van der Waals surface area contributed by atoms with Crippen LogP contribution in [0.2, 0.25) is 0 Å². The van der Waals surface area contributed by atoms with Crippen LogP contribution in [0.3, 0.4) is 0 Å². The molecule has 1 aliphatic heterocycles. The Kier molecular flexibility index (Phi) is 8.19. The summed E-state index contributed by atoms with van der Waals surface area (Å²) < 4.78 is 11.0. The van der Waals surface area contributed by atoms with E-state index in [4.69, 9.17) is 14.5 Å². The molecule has 8 heteroatoms. The van der Waals surface area contributed by atoms with Crippen molar-refractivity contribution < 1.29 is 19.1 Å². The lowest BCUT2D eigenvalue weighted by Gasteiger charge is -2.30. The van der Waals surface area contributed by atoms with Crippen molar-refractivity contribution in [1.82, 2.24) is 20.2 Å². The van der Waals surface area contributed by atoms with E-state index in [1.54, 1.807) is 0 Å². The summed E-state index contributed by atoms with van der Waals surface area (Å²) in [6, 6.07) is 3.56. The average molecular weight is 537 g/mol. The molecule has 0 radical (unpaired) electrons. The fourth-order valence-electron chi connectivity index (χ4n) is 6.91. The molecule has 2 aromatic rings. The Morgan fingerprint density at radius 1 is 1.18 bits per heavy atom. The van der Waals surface area contributed by atoms with Gasteiger partial charge in [-0.25, -0.2) is 9.78 Å². The van der Waals surface area contributed by atoms with Crippen LogP contribution >= 0.6 is 0 Å². The van der Waals surface area contributed by atoms with E-state index in [0.29, 0.717) is 12.0 Å². The molecule has 2 amide bonds. The summed E-state index contributed by atoms with van der Waals surface area (Å²) in [5.74, 6) is 1.71. The topological polar surface area (TPSA) is 96.6 Å². The maximum absolute atomic E-state index is 13.5. The molecule has 0 bridgehead atoms. The number of rotatable bonds is 9. The molecule has 39 heavy (non-hydrogen) atoms. The summed E-state index contributed by atoms with van der Waals surface area (Å²) in [6.07, 6.45) is 12.7. The lowest BCUT2D eigenvalue weighted by molar-refractivity contribution is -0.135. The summed E-state index contributed by atoms with van der Waals surface area (Å²) >= 11 is 0. The van der Waals surface area contributed by atoms with E-state index in [1.165, 1.54) is 49.5 Å². The van der Waals surface area contributed by atoms with Crippen molar-refractivity contribution in [3.8, 4) is 17.0 Å². The zero-order valence-electron chi connectivity index (χ0n) is 24.0. The molecule has 2 heterocycles. The van der Waals surface area contributed by atoms with Crippen LogP contribution in [0.4, 0.5) is 4.79 Å². The Morgan fingerprint density at radius 3 is 2.67 bits per heavy atom. The van der Waals surface area contributed by atoms with Gasteiger partial charge in [0.05, 0.1) is 31.6 Å². The quantitative estimate of drug-likeness (QED) is 0.386. The predicted octanol–water partition coefficient (Wildman–Crippen LogP) is 5.96. The van der Waals surface area contributed by atoms with Gasteiger partial charge in [-0.05, 0) is 79.5 Å². The van der Waals surface area contributed by atoms with E-state index >= 15 is 0 Å². The molecule has 3 aliphatic rings. The molecule has 1 spiro atoms. The molecular weight excluding hydrogens is 492 g/mol. The summed E-state index contributed by atoms with van der Waals surface area (Å²) in [4.78, 5) is 35.7. The molecule has 1 aromatic heterocycles. The SMILES string of the molecule is CCCCOc1ccc(-c2cnc([C@@H]3CCCN3C(=O)[C@@H](NC(=O)OC)C(C)C)[nH]2)c2c1CC1(CCCC1)C2. The standard InChI is InChI=1S/C31H44N4O4/c1-5-6-16-39-26-12-11-21(22-17-31(18-23(22)26)13-7-8-14-31)24-19-32-28(33-24)25-10-9-15-35(25)29(36)27(20(2)3)34-30(37)38-4/h11-12,19-20,25,27H,5-10,13-18H2,1-4H3,(H,32,33)(H,34,37)/t25-,27-/m0/s1. The third-order valence-corrected chi connectivity index (χ3v) is 9.04. The number of fused-ring (bicyclic) bond motifs is 1. The van der Waals surface area contributed by atoms with Crippen LogP contribution < -0.4 is 10.1 Å². The van der Waals surface area contributed by atoms with Crippen molar-refractivity contribution in [2.24, 2.45) is 11.3 Å². The number of unbranched alkanes of at least 4 members (excludes halogenated alkanes) is 1. The monoisotopic (exact) mass is 536 g/mol. The molecule has 1 saturated carbocycles. The number of aromatic nitrogens is 2. The predicted molar refractivity (Wildman–Crippen MR) is 151 cm³/mol. The second kappa shape index (κ2) is 11.6. The molecule has 5 rings (SSSR count). The first-order valence-electron chi connectivity index (χ1n) is 14.8. The number of hydrogen-bond donors (Lipinski definition) is 2. The van der Waals surface area contributed by atoms with Crippen molar-refractivity contribution in [3.63, 3.8) is 0 Å². The average Bonchev–Trinajstić information content (AvgIpc) is 3.73. The van der Waals surface area contributed by atoms with E-state index in [0.717, 1.165) is 62.4 Å². The van der Waals surface area contributed by atoms with Gasteiger partial charge in [-0.2, -0.15) is 0 Å². The molecule has 2 fully saturated rings. The van der Waals surface area contributed by atoms with Crippen LogP contribution in [0.5, 0.6) is 5.75 Å². The van der Waals surface area contributed by atoms with E-state index < -0.39 is 12.1 Å². The third kappa shape index (κ3) is 5.52. The van der Waals surface area contributed by atoms with Gasteiger partial charge in [-0.15, -0.1) is 0 Å². The number of H-pyrrole nitrogens is 1. The number of benzene rings is 1. The van der Waals surface area contributed by atoms with Crippen LogP contribution in [-0.2, 0) is 22.4 Å². The molecule has 8 nitrogen and oxygen atoms in total. The lowest BCUT2D eigenvalue weighted by atomic mass is 9.83. The minimum absolute atomic E-state index is 0.0615. The van der Waals surface area contributed by atoms with Crippen LogP contribution in [0.15, 0.2) is 18.3 Å². The number of carbonyl (C=O) groups excluding carboxylic acids is 2. The maximum Gasteiger partial charge on any atom is 0.407 e. The first-order valence-corrected chi connectivity index (χ1v) is 14.8. The maximum atomic E-state index is 13.5. The number of likely N-dealkylation sites (tertiary alicyclic amines) is 1. The Hall–Kier alpha value is -3.03. The van der Waals surface area contributed by atoms with E-state index in [9.17, 15) is 9.59 Å². The number of hydrogen-bond acceptors (Lipinski definition) is 5. The van der Waals surface area contributed by atoms with Crippen molar-refractivity contribution in [3.05, 3.63) is 35.3 Å². The van der Waals surface area contributed by atoms with Gasteiger partial charge in [0.15, 0.2) is 0 Å². The smallest absolute Gasteiger partial charge is 0.407 e. The van der Waals surface area contributed by atoms with Crippen molar-refractivity contribution in [2.75, 3.05) is 20.3 Å². The van der Waals surface area contributed by atoms with Crippen molar-refractivity contribution in [2.45, 2.75) is 97.1 Å². The lowest BCUT2D eigenvalue weighted by Crippen LogP contribution is -2.51. The zero-order valence-corrected chi connectivity index (χ0v) is 24.0. The second-order valence-electron chi connectivity index (χ2n) is 12.1. The number of alkyl carbamates (subject to hydrolysis) is 1. The minimum atomic E-state index is -0.640. The van der Waals surface area contributed by atoms with Gasteiger partial charge < -0.3 is 24.7 Å². The zero-order chi connectivity index (χ0) is 27.6. The number of amides is 2. The van der Waals surface area contributed by atoms with Gasteiger partial charge in [-0.1, -0.05) is 40.0 Å². The van der Waals surface area contributed by atoms with Gasteiger partial charge in [0.25, 0.3) is 0 Å². The van der Waals surface area contributed by atoms with Crippen molar-refractivity contribution in [1.29, 1.82) is 0 Å². The molecule has 1 saturated heterocycles. The van der Waals surface area contributed by atoms with Crippen LogP contribution in [-0.4, -0.2) is 53.2 Å². The second-order valence-corrected chi connectivity index (χ2v) is 12.1. The fraction of sp³-hybridized carbons (Fsp3) is 0.645. The van der Waals surface area contributed by atoms with Gasteiger partial charge in [0, 0.05) is 12.1 Å². The van der Waals surface area contributed by atoms with Gasteiger partial charge in [-0.3, -0.25) is 4.79 Å². The number of carbonyl (C=O) groups is 2. The van der Waals surface area contributed by atoms with Crippen molar-refractivity contribution >= 4 is 12.0 Å². The third-order valence-electron chi connectivity index (χ3n) is 9.04. The molecule has 2 N–H and O–H groups in total. The highest BCUT2D eigenvalue weighted by molar-refractivity contribution is 5.86. The van der Waals surface area contributed by atoms with Crippen LogP contribution in [0.25, 0.3) is 11.3 Å².